The monoisotopic (exact) mass is 231 g/mol. The molecule has 1 aromatic heterocycles. The standard InChI is InChI=1S/C13H17N3O/c1-9-4-5-12(17-3)10(6-9)13-11(7-14-2)15-8-16-13/h4-6,8,14H,7H2,1-3H3,(H,15,16). The summed E-state index contributed by atoms with van der Waals surface area (Å²) in [6, 6.07) is 6.10. The zero-order valence-corrected chi connectivity index (χ0v) is 10.4. The lowest BCUT2D eigenvalue weighted by Crippen LogP contribution is -2.06. The topological polar surface area (TPSA) is 49.9 Å². The first-order chi connectivity index (χ1) is 8.26. The molecule has 1 aromatic carbocycles. The molecule has 0 radical (unpaired) electrons. The Balaban J connectivity index is 2.51. The summed E-state index contributed by atoms with van der Waals surface area (Å²) in [5, 5.41) is 3.12. The first kappa shape index (κ1) is 11.7. The molecule has 2 rings (SSSR count). The molecule has 0 aliphatic carbocycles. The summed E-state index contributed by atoms with van der Waals surface area (Å²) < 4.78 is 5.38. The third-order valence-corrected chi connectivity index (χ3v) is 2.68. The molecule has 0 bridgehead atoms. The van der Waals surface area contributed by atoms with Crippen LogP contribution in [0.2, 0.25) is 0 Å². The number of aromatic nitrogens is 2. The summed E-state index contributed by atoms with van der Waals surface area (Å²) in [6.07, 6.45) is 1.71. The fourth-order valence-electron chi connectivity index (χ4n) is 1.87. The van der Waals surface area contributed by atoms with E-state index in [9.17, 15) is 0 Å². The van der Waals surface area contributed by atoms with Gasteiger partial charge in [-0.25, -0.2) is 4.98 Å². The third-order valence-electron chi connectivity index (χ3n) is 2.68. The fraction of sp³-hybridized carbons (Fsp3) is 0.308. The Labute approximate surface area is 101 Å². The van der Waals surface area contributed by atoms with Crippen molar-refractivity contribution in [2.75, 3.05) is 14.2 Å². The van der Waals surface area contributed by atoms with Gasteiger partial charge < -0.3 is 15.0 Å². The average Bonchev–Trinajstić information content (AvgIpc) is 2.77. The van der Waals surface area contributed by atoms with Crippen molar-refractivity contribution in [1.29, 1.82) is 0 Å². The number of benzene rings is 1. The summed E-state index contributed by atoms with van der Waals surface area (Å²) in [7, 11) is 3.59. The van der Waals surface area contributed by atoms with E-state index in [2.05, 4.69) is 28.3 Å². The molecule has 4 heteroatoms. The largest absolute Gasteiger partial charge is 0.496 e. The minimum Gasteiger partial charge on any atom is -0.496 e. The maximum atomic E-state index is 5.38. The lowest BCUT2D eigenvalue weighted by atomic mass is 10.1. The predicted octanol–water partition coefficient (Wildman–Crippen LogP) is 2.11. The van der Waals surface area contributed by atoms with Gasteiger partial charge in [0.1, 0.15) is 5.75 Å². The second-order valence-corrected chi connectivity index (χ2v) is 3.96. The molecule has 0 aliphatic rings. The Hall–Kier alpha value is -1.81. The van der Waals surface area contributed by atoms with E-state index in [1.807, 2.05) is 19.2 Å². The molecule has 0 saturated carbocycles. The van der Waals surface area contributed by atoms with Crippen molar-refractivity contribution in [3.05, 3.63) is 35.8 Å². The summed E-state index contributed by atoms with van der Waals surface area (Å²) >= 11 is 0. The lowest BCUT2D eigenvalue weighted by molar-refractivity contribution is 0.416. The maximum absolute atomic E-state index is 5.38. The van der Waals surface area contributed by atoms with E-state index in [1.54, 1.807) is 13.4 Å². The molecule has 2 N–H and O–H groups in total. The molecule has 0 unspecified atom stereocenters. The van der Waals surface area contributed by atoms with E-state index in [0.29, 0.717) is 0 Å². The lowest BCUT2D eigenvalue weighted by Gasteiger charge is -2.09. The zero-order chi connectivity index (χ0) is 12.3. The smallest absolute Gasteiger partial charge is 0.128 e. The van der Waals surface area contributed by atoms with E-state index in [-0.39, 0.29) is 0 Å². The molecule has 4 nitrogen and oxygen atoms in total. The van der Waals surface area contributed by atoms with Gasteiger partial charge in [0.25, 0.3) is 0 Å². The fourth-order valence-corrected chi connectivity index (χ4v) is 1.87. The number of ether oxygens (including phenoxy) is 1. The molecule has 0 amide bonds. The van der Waals surface area contributed by atoms with Crippen LogP contribution in [-0.4, -0.2) is 24.1 Å². The number of aryl methyl sites for hydroxylation is 1. The molecule has 2 aromatic rings. The van der Waals surface area contributed by atoms with Gasteiger partial charge in [-0.15, -0.1) is 0 Å². The quantitative estimate of drug-likeness (QED) is 0.847. The number of hydrogen-bond acceptors (Lipinski definition) is 3. The van der Waals surface area contributed by atoms with Gasteiger partial charge in [-0.3, -0.25) is 0 Å². The highest BCUT2D eigenvalue weighted by Crippen LogP contribution is 2.31. The molecular formula is C13H17N3O. The molecule has 0 fully saturated rings. The van der Waals surface area contributed by atoms with Gasteiger partial charge >= 0.3 is 0 Å². The van der Waals surface area contributed by atoms with Crippen LogP contribution < -0.4 is 10.1 Å². The second kappa shape index (κ2) is 5.01. The Morgan fingerprint density at radius 3 is 2.94 bits per heavy atom. The van der Waals surface area contributed by atoms with Crippen molar-refractivity contribution in [2.24, 2.45) is 0 Å². The van der Waals surface area contributed by atoms with E-state index in [4.69, 9.17) is 4.74 Å². The van der Waals surface area contributed by atoms with Gasteiger partial charge in [0.05, 0.1) is 24.8 Å². The molecule has 0 aliphatic heterocycles. The van der Waals surface area contributed by atoms with Crippen LogP contribution in [0, 0.1) is 6.92 Å². The Morgan fingerprint density at radius 2 is 2.24 bits per heavy atom. The van der Waals surface area contributed by atoms with E-state index >= 15 is 0 Å². The highest BCUT2D eigenvalue weighted by molar-refractivity contribution is 5.69. The number of nitrogens with one attached hydrogen (secondary N) is 2. The second-order valence-electron chi connectivity index (χ2n) is 3.96. The van der Waals surface area contributed by atoms with E-state index in [1.165, 1.54) is 5.56 Å². The van der Waals surface area contributed by atoms with Crippen LogP contribution in [0.5, 0.6) is 5.75 Å². The molecule has 0 atom stereocenters. The SMILES string of the molecule is CNCc1[nH]cnc1-c1cc(C)ccc1OC. The Bertz CT molecular complexity index is 505. The Morgan fingerprint density at radius 1 is 1.41 bits per heavy atom. The van der Waals surface area contributed by atoms with Gasteiger partial charge in [0, 0.05) is 12.1 Å². The van der Waals surface area contributed by atoms with Crippen molar-refractivity contribution >= 4 is 0 Å². The van der Waals surface area contributed by atoms with Crippen LogP contribution in [0.3, 0.4) is 0 Å². The van der Waals surface area contributed by atoms with Crippen molar-refractivity contribution in [1.82, 2.24) is 15.3 Å². The molecule has 90 valence electrons. The number of imidazole rings is 1. The molecular weight excluding hydrogens is 214 g/mol. The molecule has 0 spiro atoms. The molecule has 17 heavy (non-hydrogen) atoms. The van der Waals surface area contributed by atoms with Gasteiger partial charge in [-0.1, -0.05) is 11.6 Å². The normalized spacial score (nSPS) is 10.5. The van der Waals surface area contributed by atoms with Crippen molar-refractivity contribution < 1.29 is 4.74 Å². The average molecular weight is 231 g/mol. The van der Waals surface area contributed by atoms with E-state index < -0.39 is 0 Å². The number of rotatable bonds is 4. The predicted molar refractivity (Wildman–Crippen MR) is 68.1 cm³/mol. The van der Waals surface area contributed by atoms with Gasteiger partial charge in [0.2, 0.25) is 0 Å². The number of methoxy groups -OCH3 is 1. The first-order valence-corrected chi connectivity index (χ1v) is 5.58. The van der Waals surface area contributed by atoms with Crippen molar-refractivity contribution in [2.45, 2.75) is 13.5 Å². The number of hydrogen-bond donors (Lipinski definition) is 2. The third kappa shape index (κ3) is 2.31. The van der Waals surface area contributed by atoms with Crippen LogP contribution in [0.15, 0.2) is 24.5 Å². The first-order valence-electron chi connectivity index (χ1n) is 5.58. The van der Waals surface area contributed by atoms with Crippen LogP contribution in [0.1, 0.15) is 11.3 Å². The van der Waals surface area contributed by atoms with E-state index in [0.717, 1.165) is 29.2 Å². The summed E-state index contributed by atoms with van der Waals surface area (Å²) in [6.45, 7) is 2.82. The summed E-state index contributed by atoms with van der Waals surface area (Å²) in [4.78, 5) is 7.53. The maximum Gasteiger partial charge on any atom is 0.128 e. The van der Waals surface area contributed by atoms with Gasteiger partial charge in [-0.05, 0) is 26.1 Å². The van der Waals surface area contributed by atoms with Crippen LogP contribution >= 0.6 is 0 Å². The van der Waals surface area contributed by atoms with Gasteiger partial charge in [0.15, 0.2) is 0 Å². The van der Waals surface area contributed by atoms with Crippen molar-refractivity contribution in [3.63, 3.8) is 0 Å². The zero-order valence-electron chi connectivity index (χ0n) is 10.4. The molecule has 0 saturated heterocycles. The van der Waals surface area contributed by atoms with Crippen molar-refractivity contribution in [3.8, 4) is 17.0 Å². The van der Waals surface area contributed by atoms with Crippen LogP contribution in [0.25, 0.3) is 11.3 Å². The highest BCUT2D eigenvalue weighted by atomic mass is 16.5. The molecule has 1 heterocycles. The Kier molecular flexibility index (Phi) is 3.44. The van der Waals surface area contributed by atoms with Gasteiger partial charge in [-0.2, -0.15) is 0 Å². The highest BCUT2D eigenvalue weighted by Gasteiger charge is 2.12. The number of H-pyrrole nitrogens is 1. The number of nitrogens with zero attached hydrogens (tertiary/aromatic N) is 1. The minimum atomic E-state index is 0.756. The summed E-state index contributed by atoms with van der Waals surface area (Å²) in [5.41, 5.74) is 4.23. The number of aromatic amines is 1. The summed E-state index contributed by atoms with van der Waals surface area (Å²) in [5.74, 6) is 0.847. The van der Waals surface area contributed by atoms with Crippen LogP contribution in [0.4, 0.5) is 0 Å². The van der Waals surface area contributed by atoms with Crippen LogP contribution in [-0.2, 0) is 6.54 Å². The minimum absolute atomic E-state index is 0.756.